The molecule has 3 aromatic rings. The van der Waals surface area contributed by atoms with Crippen LogP contribution >= 0.6 is 23.2 Å². The summed E-state index contributed by atoms with van der Waals surface area (Å²) in [6, 6.07) is 20.2. The van der Waals surface area contributed by atoms with Crippen LogP contribution in [0.1, 0.15) is 34.3 Å². The number of piperazine rings is 1. The number of ether oxygens (including phenoxy) is 1. The number of carbonyl (C=O) groups is 2. The zero-order valence-electron chi connectivity index (χ0n) is 26.0. The van der Waals surface area contributed by atoms with Gasteiger partial charge in [-0.05, 0) is 80.1 Å². The highest BCUT2D eigenvalue weighted by atomic mass is 35.5. The van der Waals surface area contributed by atoms with Crippen molar-refractivity contribution in [1.82, 2.24) is 14.7 Å². The molecule has 0 aliphatic carbocycles. The van der Waals surface area contributed by atoms with Crippen LogP contribution < -0.4 is 9.64 Å². The molecule has 2 saturated heterocycles. The molecule has 0 saturated carbocycles. The maximum Gasteiger partial charge on any atom is 0.303 e. The molecule has 2 fully saturated rings. The molecule has 0 aromatic heterocycles. The van der Waals surface area contributed by atoms with E-state index in [1.54, 1.807) is 35.2 Å². The average molecular weight is 654 g/mol. The molecule has 10 heteroatoms. The molecule has 2 aliphatic rings. The quantitative estimate of drug-likeness (QED) is 0.275. The van der Waals surface area contributed by atoms with Crippen LogP contribution in [0.4, 0.5) is 5.69 Å². The average Bonchev–Trinajstić information content (AvgIpc) is 3.02. The van der Waals surface area contributed by atoms with Crippen molar-refractivity contribution >= 4 is 40.8 Å². The molecule has 45 heavy (non-hydrogen) atoms. The van der Waals surface area contributed by atoms with E-state index in [1.807, 2.05) is 31.2 Å². The zero-order chi connectivity index (χ0) is 31.9. The topological polar surface area (TPSA) is 76.6 Å². The van der Waals surface area contributed by atoms with Gasteiger partial charge in [0.25, 0.3) is 5.91 Å². The van der Waals surface area contributed by atoms with Crippen LogP contribution in [-0.4, -0.2) is 97.2 Å². The van der Waals surface area contributed by atoms with Crippen LogP contribution in [-0.2, 0) is 11.3 Å². The fraction of sp³-hybridized carbons (Fsp3) is 0.429. The molecule has 8 nitrogen and oxygen atoms in total. The van der Waals surface area contributed by atoms with Crippen molar-refractivity contribution in [2.75, 3.05) is 64.4 Å². The maximum atomic E-state index is 14.1. The molecule has 5 rings (SSSR count). The Hall–Kier alpha value is -3.14. The Bertz CT molecular complexity index is 1450. The van der Waals surface area contributed by atoms with Crippen LogP contribution in [0.25, 0.3) is 0 Å². The second-order valence-corrected chi connectivity index (χ2v) is 13.0. The van der Waals surface area contributed by atoms with Gasteiger partial charge in [0.15, 0.2) is 0 Å². The van der Waals surface area contributed by atoms with Gasteiger partial charge in [-0.1, -0.05) is 41.4 Å². The lowest BCUT2D eigenvalue weighted by atomic mass is 9.86. The summed E-state index contributed by atoms with van der Waals surface area (Å²) in [6.07, 6.45) is 0.571. The Morgan fingerprint density at radius 1 is 0.933 bits per heavy atom. The number of hydrogen-bond donors (Lipinski definition) is 1. The lowest BCUT2D eigenvalue weighted by molar-refractivity contribution is -0.138. The molecule has 1 amide bonds. The van der Waals surface area contributed by atoms with E-state index in [4.69, 9.17) is 27.9 Å². The van der Waals surface area contributed by atoms with Gasteiger partial charge >= 0.3 is 5.97 Å². The Morgan fingerprint density at radius 3 is 2.33 bits per heavy atom. The molecule has 3 aromatic carbocycles. The number of hydrogen-bond acceptors (Lipinski definition) is 6. The number of amides is 1. The third kappa shape index (κ3) is 8.77. The normalized spacial score (nSPS) is 19.7. The summed E-state index contributed by atoms with van der Waals surface area (Å²) in [5.74, 6) is -0.521. The first-order valence-corrected chi connectivity index (χ1v) is 16.3. The fourth-order valence-corrected chi connectivity index (χ4v) is 6.64. The SMILES string of the molecule is Cc1c(Cl)cccc1N(C(=O)c1ccc(Cl)cc1)[C@@H]1CCN(Cc2ccc(OCCN3CCN(C)CC3)cc2)C[C@@H]1CC(=O)O. The van der Waals surface area contributed by atoms with Gasteiger partial charge < -0.3 is 19.6 Å². The molecule has 0 radical (unpaired) electrons. The van der Waals surface area contributed by atoms with E-state index in [9.17, 15) is 14.7 Å². The standard InChI is InChI=1S/C35H42Cl2N4O4/c1-25-31(37)4-3-5-32(25)41(35(44)27-8-10-29(36)11-9-27)33-14-15-40(24-28(33)22-34(42)43)23-26-6-12-30(13-7-26)45-21-20-39-18-16-38(2)17-19-39/h3-13,28,33H,14-24H2,1-2H3,(H,42,43)/t28-,33+/m0/s1. The monoisotopic (exact) mass is 652 g/mol. The smallest absolute Gasteiger partial charge is 0.303 e. The van der Waals surface area contributed by atoms with Gasteiger partial charge in [-0.3, -0.25) is 19.4 Å². The van der Waals surface area contributed by atoms with Gasteiger partial charge in [0.2, 0.25) is 0 Å². The molecule has 2 atom stereocenters. The van der Waals surface area contributed by atoms with E-state index in [2.05, 4.69) is 33.9 Å². The molecule has 2 aliphatic heterocycles. The van der Waals surface area contributed by atoms with Crippen molar-refractivity contribution in [1.29, 1.82) is 0 Å². The third-order valence-electron chi connectivity index (χ3n) is 8.96. The second kappa shape index (κ2) is 15.4. The van der Waals surface area contributed by atoms with Gasteiger partial charge in [-0.15, -0.1) is 0 Å². The Morgan fingerprint density at radius 2 is 1.64 bits per heavy atom. The first-order valence-electron chi connectivity index (χ1n) is 15.6. The summed E-state index contributed by atoms with van der Waals surface area (Å²) >= 11 is 12.6. The molecule has 1 N–H and O–H groups in total. The van der Waals surface area contributed by atoms with Crippen LogP contribution in [0.15, 0.2) is 66.7 Å². The van der Waals surface area contributed by atoms with E-state index in [0.717, 1.165) is 49.6 Å². The highest BCUT2D eigenvalue weighted by Gasteiger charge is 2.38. The van der Waals surface area contributed by atoms with E-state index in [-0.39, 0.29) is 24.3 Å². The van der Waals surface area contributed by atoms with E-state index < -0.39 is 5.97 Å². The number of carbonyl (C=O) groups excluding carboxylic acids is 1. The Kier molecular flexibility index (Phi) is 11.4. The predicted octanol–water partition coefficient (Wildman–Crippen LogP) is 5.94. The van der Waals surface area contributed by atoms with Gasteiger partial charge in [-0.25, -0.2) is 0 Å². The van der Waals surface area contributed by atoms with Crippen LogP contribution in [0.2, 0.25) is 10.0 Å². The Labute approximate surface area is 276 Å². The van der Waals surface area contributed by atoms with E-state index in [1.165, 1.54) is 0 Å². The molecular weight excluding hydrogens is 611 g/mol. The van der Waals surface area contributed by atoms with E-state index >= 15 is 0 Å². The van der Waals surface area contributed by atoms with Crippen molar-refractivity contribution in [2.45, 2.75) is 32.4 Å². The van der Waals surface area contributed by atoms with Gasteiger partial charge in [0.05, 0.1) is 6.42 Å². The van der Waals surface area contributed by atoms with Crippen molar-refractivity contribution < 1.29 is 19.4 Å². The minimum Gasteiger partial charge on any atom is -0.492 e. The largest absolute Gasteiger partial charge is 0.492 e. The summed E-state index contributed by atoms with van der Waals surface area (Å²) in [7, 11) is 2.16. The van der Waals surface area contributed by atoms with Gasteiger partial charge in [0.1, 0.15) is 12.4 Å². The highest BCUT2D eigenvalue weighted by molar-refractivity contribution is 6.32. The molecule has 2 heterocycles. The van der Waals surface area contributed by atoms with Gasteiger partial charge in [0, 0.05) is 85.6 Å². The number of benzene rings is 3. The number of likely N-dealkylation sites (tertiary alicyclic amines) is 1. The lowest BCUT2D eigenvalue weighted by Gasteiger charge is -2.44. The van der Waals surface area contributed by atoms with Crippen LogP contribution in [0.3, 0.4) is 0 Å². The first-order chi connectivity index (χ1) is 21.7. The number of carboxylic acids is 1. The minimum atomic E-state index is -0.883. The molecule has 0 bridgehead atoms. The minimum absolute atomic E-state index is 0.0503. The summed E-state index contributed by atoms with van der Waals surface area (Å²) in [5.41, 5.74) is 3.10. The Balaban J connectivity index is 1.27. The van der Waals surface area contributed by atoms with Gasteiger partial charge in [-0.2, -0.15) is 0 Å². The number of anilines is 1. The van der Waals surface area contributed by atoms with Crippen molar-refractivity contribution in [3.8, 4) is 5.75 Å². The third-order valence-corrected chi connectivity index (χ3v) is 9.62. The number of piperidine rings is 1. The van der Waals surface area contributed by atoms with E-state index in [0.29, 0.717) is 54.0 Å². The highest BCUT2D eigenvalue weighted by Crippen LogP contribution is 2.35. The molecule has 0 unspecified atom stereocenters. The number of halogens is 2. The molecule has 0 spiro atoms. The molecular formula is C35H42Cl2N4O4. The second-order valence-electron chi connectivity index (χ2n) is 12.2. The summed E-state index contributed by atoms with van der Waals surface area (Å²) in [5, 5.41) is 11.0. The fourth-order valence-electron chi connectivity index (χ4n) is 6.34. The van der Waals surface area contributed by atoms with Crippen molar-refractivity contribution in [3.63, 3.8) is 0 Å². The number of likely N-dealkylation sites (N-methyl/N-ethyl adjacent to an activating group) is 1. The number of aliphatic carboxylic acids is 1. The molecule has 240 valence electrons. The first kappa shape index (κ1) is 33.2. The lowest BCUT2D eigenvalue weighted by Crippen LogP contribution is -2.53. The maximum absolute atomic E-state index is 14.1. The van der Waals surface area contributed by atoms with Crippen LogP contribution in [0.5, 0.6) is 5.75 Å². The number of rotatable bonds is 11. The summed E-state index contributed by atoms with van der Waals surface area (Å²) < 4.78 is 6.02. The zero-order valence-corrected chi connectivity index (χ0v) is 27.5. The van der Waals surface area contributed by atoms with Crippen molar-refractivity contribution in [3.05, 3.63) is 93.5 Å². The predicted molar refractivity (Wildman–Crippen MR) is 180 cm³/mol. The number of nitrogens with zero attached hydrogens (tertiary/aromatic N) is 4. The van der Waals surface area contributed by atoms with Crippen molar-refractivity contribution in [2.24, 2.45) is 5.92 Å². The summed E-state index contributed by atoms with van der Waals surface area (Å²) in [4.78, 5) is 35.0. The summed E-state index contributed by atoms with van der Waals surface area (Å²) in [6.45, 7) is 9.75. The van der Waals surface area contributed by atoms with Crippen LogP contribution in [0, 0.1) is 12.8 Å². The number of carboxylic acid groups (broad SMARTS) is 1.